The van der Waals surface area contributed by atoms with E-state index in [9.17, 15) is 8.42 Å². The van der Waals surface area contributed by atoms with E-state index >= 15 is 0 Å². The van der Waals surface area contributed by atoms with E-state index in [0.29, 0.717) is 19.0 Å². The Bertz CT molecular complexity index is 901. The number of aromatic nitrogens is 2. The van der Waals surface area contributed by atoms with Crippen molar-refractivity contribution in [2.75, 3.05) is 57.1 Å². The average Bonchev–Trinajstić information content (AvgIpc) is 3.14. The van der Waals surface area contributed by atoms with Crippen LogP contribution in [-0.4, -0.2) is 85.5 Å². The minimum Gasteiger partial charge on any atom is -0.354 e. The summed E-state index contributed by atoms with van der Waals surface area (Å²) in [5.74, 6) is 2.36. The van der Waals surface area contributed by atoms with Crippen molar-refractivity contribution in [1.29, 1.82) is 0 Å². The smallest absolute Gasteiger partial charge is 0.242 e. The van der Waals surface area contributed by atoms with Crippen molar-refractivity contribution in [3.63, 3.8) is 0 Å². The molecule has 2 aliphatic heterocycles. The van der Waals surface area contributed by atoms with Crippen molar-refractivity contribution in [3.8, 4) is 0 Å². The fraction of sp³-hybridized carbons (Fsp3) is 0.762. The molecule has 9 nitrogen and oxygen atoms in total. The Labute approximate surface area is 186 Å². The lowest BCUT2D eigenvalue weighted by molar-refractivity contribution is 0.258. The van der Waals surface area contributed by atoms with Crippen molar-refractivity contribution in [2.24, 2.45) is 5.10 Å². The van der Waals surface area contributed by atoms with Gasteiger partial charge in [-0.05, 0) is 18.9 Å². The van der Waals surface area contributed by atoms with E-state index in [1.807, 2.05) is 0 Å². The van der Waals surface area contributed by atoms with Crippen LogP contribution in [0, 0.1) is 0 Å². The second-order valence-corrected chi connectivity index (χ2v) is 11.8. The second-order valence-electron chi connectivity index (χ2n) is 9.79. The maximum absolute atomic E-state index is 12.5. The fourth-order valence-corrected chi connectivity index (χ4v) is 5.12. The van der Waals surface area contributed by atoms with Crippen molar-refractivity contribution < 1.29 is 8.42 Å². The van der Waals surface area contributed by atoms with Crippen LogP contribution in [0.25, 0.3) is 0 Å². The van der Waals surface area contributed by atoms with Crippen molar-refractivity contribution in [2.45, 2.75) is 52.4 Å². The molecular weight excluding hydrogens is 414 g/mol. The number of anilines is 1. The number of hydrazone groups is 1. The first-order valence-electron chi connectivity index (χ1n) is 11.1. The first-order valence-corrected chi connectivity index (χ1v) is 12.7. The molecule has 1 aromatic heterocycles. The lowest BCUT2D eigenvalue weighted by Crippen LogP contribution is -2.47. The topological polar surface area (TPSA) is 94.0 Å². The van der Waals surface area contributed by atoms with Gasteiger partial charge in [0.2, 0.25) is 15.0 Å². The van der Waals surface area contributed by atoms with E-state index in [2.05, 4.69) is 61.0 Å². The predicted molar refractivity (Wildman–Crippen MR) is 125 cm³/mol. The number of sulfone groups is 1. The van der Waals surface area contributed by atoms with Gasteiger partial charge in [-0.25, -0.2) is 18.4 Å². The Morgan fingerprint density at radius 1 is 1.13 bits per heavy atom. The van der Waals surface area contributed by atoms with Crippen LogP contribution in [0.4, 0.5) is 5.82 Å². The lowest BCUT2D eigenvalue weighted by Gasteiger charge is -2.36. The standard InChI is InChI=1S/C21H37N7O2S/c1-16(2)17-14-18(24-19(23-17)21(3,4)5)28-11-9-27(10-12-28)8-7-13-31(29,30)20-25-22-15-26(20)6/h14,16,22H,7-13,15H2,1-6H3. The van der Waals surface area contributed by atoms with E-state index in [1.165, 1.54) is 0 Å². The summed E-state index contributed by atoms with van der Waals surface area (Å²) in [6.45, 7) is 15.5. The molecule has 0 saturated carbocycles. The highest BCUT2D eigenvalue weighted by Gasteiger charge is 2.28. The van der Waals surface area contributed by atoms with Gasteiger partial charge in [0.1, 0.15) is 18.3 Å². The fourth-order valence-electron chi connectivity index (χ4n) is 3.68. The molecule has 0 amide bonds. The van der Waals surface area contributed by atoms with Crippen LogP contribution in [0.15, 0.2) is 11.2 Å². The summed E-state index contributed by atoms with van der Waals surface area (Å²) in [6.07, 6.45) is 0.606. The first kappa shape index (κ1) is 23.7. The molecule has 2 aliphatic rings. The number of amidine groups is 1. The Morgan fingerprint density at radius 3 is 2.35 bits per heavy atom. The van der Waals surface area contributed by atoms with Crippen LogP contribution in [0.3, 0.4) is 0 Å². The van der Waals surface area contributed by atoms with E-state index < -0.39 is 9.84 Å². The number of piperazine rings is 1. The SMILES string of the molecule is CC(C)c1cc(N2CCN(CCCS(=O)(=O)C3=NNCN3C)CC2)nc(C(C)(C)C)n1. The zero-order valence-corrected chi connectivity index (χ0v) is 20.5. The second kappa shape index (κ2) is 9.28. The Hall–Kier alpha value is -1.94. The highest BCUT2D eigenvalue weighted by atomic mass is 32.2. The van der Waals surface area contributed by atoms with Crippen LogP contribution in [0.1, 0.15) is 58.5 Å². The molecule has 0 unspecified atom stereocenters. The number of hydrogen-bond acceptors (Lipinski definition) is 9. The summed E-state index contributed by atoms with van der Waals surface area (Å²) >= 11 is 0. The quantitative estimate of drug-likeness (QED) is 0.697. The monoisotopic (exact) mass is 451 g/mol. The molecule has 0 radical (unpaired) electrons. The summed E-state index contributed by atoms with van der Waals surface area (Å²) in [7, 11) is -1.60. The summed E-state index contributed by atoms with van der Waals surface area (Å²) < 4.78 is 24.9. The molecule has 0 bridgehead atoms. The number of hydrogen-bond donors (Lipinski definition) is 1. The minimum atomic E-state index is -3.34. The van der Waals surface area contributed by atoms with Gasteiger partial charge in [0.15, 0.2) is 0 Å². The molecular formula is C21H37N7O2S. The maximum atomic E-state index is 12.5. The summed E-state index contributed by atoms with van der Waals surface area (Å²) in [5.41, 5.74) is 3.70. The van der Waals surface area contributed by atoms with Gasteiger partial charge in [0.05, 0.1) is 5.75 Å². The highest BCUT2D eigenvalue weighted by molar-refractivity contribution is 8.06. The molecule has 0 spiro atoms. The van der Waals surface area contributed by atoms with Crippen LogP contribution in [-0.2, 0) is 15.3 Å². The van der Waals surface area contributed by atoms with E-state index in [-0.39, 0.29) is 16.3 Å². The largest absolute Gasteiger partial charge is 0.354 e. The minimum absolute atomic E-state index is 0.0971. The lowest BCUT2D eigenvalue weighted by atomic mass is 9.95. The third-order valence-corrected chi connectivity index (χ3v) is 7.45. The summed E-state index contributed by atoms with van der Waals surface area (Å²) in [6, 6.07) is 2.12. The number of nitrogens with zero attached hydrogens (tertiary/aromatic N) is 6. The zero-order chi connectivity index (χ0) is 22.8. The molecule has 3 heterocycles. The molecule has 174 valence electrons. The van der Waals surface area contributed by atoms with Gasteiger partial charge in [-0.2, -0.15) is 0 Å². The molecule has 3 rings (SSSR count). The zero-order valence-electron chi connectivity index (χ0n) is 19.7. The molecule has 0 atom stereocenters. The predicted octanol–water partition coefficient (Wildman–Crippen LogP) is 1.59. The highest BCUT2D eigenvalue weighted by Crippen LogP contribution is 2.25. The molecule has 0 aliphatic carbocycles. The average molecular weight is 452 g/mol. The summed E-state index contributed by atoms with van der Waals surface area (Å²) in [4.78, 5) is 16.0. The van der Waals surface area contributed by atoms with Gasteiger partial charge in [-0.15, -0.1) is 5.10 Å². The van der Waals surface area contributed by atoms with Gasteiger partial charge in [-0.1, -0.05) is 34.6 Å². The molecule has 1 fully saturated rings. The van der Waals surface area contributed by atoms with Crippen LogP contribution >= 0.6 is 0 Å². The van der Waals surface area contributed by atoms with Gasteiger partial charge in [0.25, 0.3) is 0 Å². The number of rotatable bonds is 6. The first-order chi connectivity index (χ1) is 14.5. The van der Waals surface area contributed by atoms with E-state index in [4.69, 9.17) is 9.97 Å². The Kier molecular flexibility index (Phi) is 7.10. The van der Waals surface area contributed by atoms with Gasteiger partial charge >= 0.3 is 0 Å². The molecule has 10 heteroatoms. The molecule has 1 aromatic rings. The van der Waals surface area contributed by atoms with Crippen LogP contribution in [0.2, 0.25) is 0 Å². The third-order valence-electron chi connectivity index (χ3n) is 5.67. The van der Waals surface area contributed by atoms with Crippen molar-refractivity contribution in [1.82, 2.24) is 25.2 Å². The van der Waals surface area contributed by atoms with Crippen molar-refractivity contribution in [3.05, 3.63) is 17.6 Å². The van der Waals surface area contributed by atoms with Gasteiger partial charge in [-0.3, -0.25) is 10.3 Å². The maximum Gasteiger partial charge on any atom is 0.242 e. The summed E-state index contributed by atoms with van der Waals surface area (Å²) in [5, 5.41) is 4.06. The Balaban J connectivity index is 1.56. The van der Waals surface area contributed by atoms with Gasteiger partial charge < -0.3 is 9.80 Å². The van der Waals surface area contributed by atoms with E-state index in [0.717, 1.165) is 50.1 Å². The van der Waals surface area contributed by atoms with Crippen LogP contribution in [0.5, 0.6) is 0 Å². The normalized spacial score (nSPS) is 18.5. The third kappa shape index (κ3) is 5.85. The van der Waals surface area contributed by atoms with E-state index in [1.54, 1.807) is 11.9 Å². The van der Waals surface area contributed by atoms with Crippen LogP contribution < -0.4 is 10.3 Å². The van der Waals surface area contributed by atoms with Gasteiger partial charge in [0, 0.05) is 50.4 Å². The Morgan fingerprint density at radius 2 is 1.81 bits per heavy atom. The van der Waals surface area contributed by atoms with Crippen molar-refractivity contribution >= 4 is 20.8 Å². The number of nitrogens with one attached hydrogen (secondary N) is 1. The molecule has 31 heavy (non-hydrogen) atoms. The molecule has 0 aromatic carbocycles. The molecule has 1 saturated heterocycles. The molecule has 1 N–H and O–H groups in total.